The number of benzene rings is 2. The first-order valence-electron chi connectivity index (χ1n) is 15.1. The van der Waals surface area contributed by atoms with Crippen LogP contribution in [-0.2, 0) is 30.4 Å². The maximum absolute atomic E-state index is 13.0. The number of amides is 1. The Morgan fingerprint density at radius 2 is 1.67 bits per heavy atom. The molecule has 1 amide bonds. The van der Waals surface area contributed by atoms with Gasteiger partial charge in [-0.15, -0.1) is 25.1 Å². The third kappa shape index (κ3) is 10.2. The number of ether oxygens (including phenoxy) is 2. The number of aliphatic carboxylic acids is 1. The van der Waals surface area contributed by atoms with Gasteiger partial charge in [-0.05, 0) is 54.0 Å². The lowest BCUT2D eigenvalue weighted by molar-refractivity contribution is -0.757. The van der Waals surface area contributed by atoms with Crippen molar-refractivity contribution in [3.63, 3.8) is 0 Å². The van der Waals surface area contributed by atoms with Crippen molar-refractivity contribution < 1.29 is 38.9 Å². The van der Waals surface area contributed by atoms with E-state index in [4.69, 9.17) is 9.47 Å². The maximum atomic E-state index is 13.0. The topological polar surface area (TPSA) is 189 Å². The Bertz CT molecular complexity index is 1460. The Hall–Kier alpha value is -5.08. The Morgan fingerprint density at radius 1 is 1.00 bits per heavy atom. The monoisotopic (exact) mass is 640 g/mol. The van der Waals surface area contributed by atoms with Crippen molar-refractivity contribution in [2.24, 2.45) is 5.92 Å². The molecule has 0 saturated carbocycles. The van der Waals surface area contributed by atoms with Crippen LogP contribution in [0.2, 0.25) is 0 Å². The minimum absolute atomic E-state index is 0.000108. The minimum atomic E-state index is -1.03. The number of hydrogen-bond acceptors (Lipinski definition) is 11. The normalized spacial score (nSPS) is 12.3. The molecular weight excluding hydrogens is 600 g/mol. The third-order valence-corrected chi connectivity index (χ3v) is 7.05. The van der Waals surface area contributed by atoms with E-state index in [0.29, 0.717) is 37.1 Å². The van der Waals surface area contributed by atoms with Crippen molar-refractivity contribution in [2.45, 2.75) is 78.6 Å². The van der Waals surface area contributed by atoms with Gasteiger partial charge in [-0.1, -0.05) is 75.7 Å². The van der Waals surface area contributed by atoms with E-state index in [1.807, 2.05) is 55.5 Å². The number of carbonyl (C=O) groups excluding carboxylic acids is 2. The van der Waals surface area contributed by atoms with Crippen molar-refractivity contribution in [1.82, 2.24) is 25.1 Å². The summed E-state index contributed by atoms with van der Waals surface area (Å²) in [5, 5.41) is 31.7. The fraction of sp³-hybridized carbons (Fsp3) is 0.484. The predicted molar refractivity (Wildman–Crippen MR) is 164 cm³/mol. The summed E-state index contributed by atoms with van der Waals surface area (Å²) in [5.41, 5.74) is 3.12. The molecule has 46 heavy (non-hydrogen) atoms. The first-order chi connectivity index (χ1) is 22.0. The number of tetrazole rings is 1. The number of carbonyl (C=O) groups is 3. The largest absolute Gasteiger partial charge is 0.510 e. The lowest BCUT2D eigenvalue weighted by atomic mass is 9.97. The average molecular weight is 641 g/mol. The predicted octanol–water partition coefficient (Wildman–Crippen LogP) is 5.30. The molecule has 2 atom stereocenters. The van der Waals surface area contributed by atoms with Crippen LogP contribution in [0.3, 0.4) is 0 Å². The van der Waals surface area contributed by atoms with Gasteiger partial charge in [0.15, 0.2) is 0 Å². The van der Waals surface area contributed by atoms with E-state index in [-0.39, 0.29) is 31.6 Å². The Labute approximate surface area is 266 Å². The van der Waals surface area contributed by atoms with E-state index in [2.05, 4.69) is 20.2 Å². The van der Waals surface area contributed by atoms with Gasteiger partial charge in [-0.3, -0.25) is 4.79 Å². The van der Waals surface area contributed by atoms with Crippen LogP contribution in [0.5, 0.6) is 0 Å². The number of carboxylic acid groups (broad SMARTS) is 1. The molecule has 1 aromatic heterocycles. The van der Waals surface area contributed by atoms with Crippen molar-refractivity contribution in [3.05, 3.63) is 64.2 Å². The quantitative estimate of drug-likeness (QED) is 0.0819. The second-order valence-corrected chi connectivity index (χ2v) is 10.9. The first kappa shape index (κ1) is 35.4. The van der Waals surface area contributed by atoms with Crippen molar-refractivity contribution in [1.29, 1.82) is 0 Å². The van der Waals surface area contributed by atoms with Gasteiger partial charge in [-0.25, -0.2) is 9.59 Å². The van der Waals surface area contributed by atoms with E-state index >= 15 is 0 Å². The van der Waals surface area contributed by atoms with Crippen LogP contribution in [0, 0.1) is 16.0 Å². The Kier molecular flexibility index (Phi) is 13.4. The lowest BCUT2D eigenvalue weighted by Crippen LogP contribution is -2.47. The Balaban J connectivity index is 1.70. The summed E-state index contributed by atoms with van der Waals surface area (Å²) in [6.07, 6.45) is 0.631. The molecule has 15 heteroatoms. The number of nitrogens with zero attached hydrogens (tertiary/aromatic N) is 6. The highest BCUT2D eigenvalue weighted by molar-refractivity contribution is 5.84. The van der Waals surface area contributed by atoms with Crippen LogP contribution in [-0.4, -0.2) is 72.6 Å². The van der Waals surface area contributed by atoms with Crippen LogP contribution in [0.15, 0.2) is 48.5 Å². The van der Waals surface area contributed by atoms with Crippen molar-refractivity contribution >= 4 is 18.0 Å². The van der Waals surface area contributed by atoms with Gasteiger partial charge in [0.25, 0.3) is 5.09 Å². The highest BCUT2D eigenvalue weighted by atomic mass is 16.9. The highest BCUT2D eigenvalue weighted by Gasteiger charge is 2.32. The summed E-state index contributed by atoms with van der Waals surface area (Å²) in [7, 11) is 0. The Morgan fingerprint density at radius 3 is 2.30 bits per heavy atom. The molecule has 1 unspecified atom stereocenters. The van der Waals surface area contributed by atoms with Gasteiger partial charge in [0.2, 0.25) is 18.0 Å². The summed E-state index contributed by atoms with van der Waals surface area (Å²) < 4.78 is 10.2. The molecule has 0 bridgehead atoms. The SMILES string of the molecule is CCCCC(=O)N(Cc1ccc(-c2ccccc2-c2nnn(C(C)OC(=O)OCCCCO[N+](=O)[O-])n2)cc1)[C@@H](C(=O)O)C(C)C. The van der Waals surface area contributed by atoms with Crippen LogP contribution in [0.1, 0.15) is 71.6 Å². The van der Waals surface area contributed by atoms with Gasteiger partial charge in [0, 0.05) is 18.5 Å². The smallest absolute Gasteiger partial charge is 0.480 e. The van der Waals surface area contributed by atoms with Crippen molar-refractivity contribution in [3.8, 4) is 22.5 Å². The number of aromatic nitrogens is 4. The summed E-state index contributed by atoms with van der Waals surface area (Å²) in [6, 6.07) is 14.0. The van der Waals surface area contributed by atoms with Crippen LogP contribution < -0.4 is 0 Å². The highest BCUT2D eigenvalue weighted by Crippen LogP contribution is 2.30. The molecule has 0 fully saturated rings. The zero-order valence-electron chi connectivity index (χ0n) is 26.4. The molecule has 3 aromatic rings. The summed E-state index contributed by atoms with van der Waals surface area (Å²) in [6.45, 7) is 7.21. The standard InChI is InChI=1S/C31H40N6O9/c1-5-6-13-27(38)35(28(21(2)3)30(39)40)20-23-14-16-24(17-15-23)25-11-7-8-12-26(25)29-32-34-36(33-29)22(4)46-31(41)44-18-9-10-19-45-37(42)43/h7-8,11-12,14-17,21-22,28H,5-6,9-10,13,18-20H2,1-4H3,(H,39,40)/t22?,28-/m1/s1. The molecule has 0 spiro atoms. The van der Waals surface area contributed by atoms with Crippen LogP contribution >= 0.6 is 0 Å². The zero-order chi connectivity index (χ0) is 33.6. The molecule has 0 aliphatic carbocycles. The zero-order valence-corrected chi connectivity index (χ0v) is 26.4. The first-order valence-corrected chi connectivity index (χ1v) is 15.1. The van der Waals surface area contributed by atoms with E-state index in [1.54, 1.807) is 20.8 Å². The number of carboxylic acids is 1. The maximum Gasteiger partial charge on any atom is 0.510 e. The van der Waals surface area contributed by atoms with Crippen LogP contribution in [0.4, 0.5) is 4.79 Å². The molecule has 0 aliphatic heterocycles. The molecule has 1 heterocycles. The molecule has 3 rings (SSSR count). The number of rotatable bonds is 18. The summed E-state index contributed by atoms with van der Waals surface area (Å²) in [4.78, 5) is 54.1. The second kappa shape index (κ2) is 17.4. The van der Waals surface area contributed by atoms with Gasteiger partial charge >= 0.3 is 12.1 Å². The van der Waals surface area contributed by atoms with Gasteiger partial charge in [0.1, 0.15) is 6.04 Å². The van der Waals surface area contributed by atoms with Gasteiger partial charge in [-0.2, -0.15) is 0 Å². The van der Waals surface area contributed by atoms with Gasteiger partial charge in [0.05, 0.1) is 13.2 Å². The van der Waals surface area contributed by atoms with E-state index in [0.717, 1.165) is 27.9 Å². The lowest BCUT2D eigenvalue weighted by Gasteiger charge is -2.32. The van der Waals surface area contributed by atoms with Crippen molar-refractivity contribution in [2.75, 3.05) is 13.2 Å². The summed E-state index contributed by atoms with van der Waals surface area (Å²) in [5.74, 6) is -1.18. The van der Waals surface area contributed by atoms with E-state index in [9.17, 15) is 29.6 Å². The number of hydrogen-bond donors (Lipinski definition) is 1. The molecule has 15 nitrogen and oxygen atoms in total. The molecular formula is C31H40N6O9. The summed E-state index contributed by atoms with van der Waals surface area (Å²) >= 11 is 0. The molecule has 0 aliphatic rings. The molecule has 1 N–H and O–H groups in total. The third-order valence-electron chi connectivity index (χ3n) is 7.05. The molecule has 248 valence electrons. The second-order valence-electron chi connectivity index (χ2n) is 10.9. The minimum Gasteiger partial charge on any atom is -0.480 e. The molecule has 0 radical (unpaired) electrons. The van der Waals surface area contributed by atoms with Crippen LogP contribution in [0.25, 0.3) is 22.5 Å². The van der Waals surface area contributed by atoms with Gasteiger partial charge < -0.3 is 24.3 Å². The molecule has 0 saturated heterocycles. The fourth-order valence-electron chi connectivity index (χ4n) is 4.71. The van der Waals surface area contributed by atoms with E-state index in [1.165, 1.54) is 4.90 Å². The average Bonchev–Trinajstić information content (AvgIpc) is 3.52. The fourth-order valence-corrected chi connectivity index (χ4v) is 4.71. The molecule has 2 aromatic carbocycles. The van der Waals surface area contributed by atoms with E-state index < -0.39 is 29.5 Å². The number of unbranched alkanes of at least 4 members (excludes halogenated alkanes) is 2.